The van der Waals surface area contributed by atoms with Gasteiger partial charge in [0.15, 0.2) is 0 Å². The number of nitrogens with one attached hydrogen (secondary N) is 4. The molecule has 0 saturated carbocycles. The van der Waals surface area contributed by atoms with Gasteiger partial charge >= 0.3 is 34.1 Å². The van der Waals surface area contributed by atoms with Crippen molar-refractivity contribution in [2.24, 2.45) is 10.2 Å². The summed E-state index contributed by atoms with van der Waals surface area (Å²) in [5, 5.41) is 8.06. The van der Waals surface area contributed by atoms with Crippen molar-refractivity contribution in [2.75, 3.05) is 0 Å². The van der Waals surface area contributed by atoms with Gasteiger partial charge in [-0.15, -0.1) is 0 Å². The molecule has 14 nitrogen and oxygen atoms in total. The molecule has 32 heavy (non-hydrogen) atoms. The van der Waals surface area contributed by atoms with Crippen LogP contribution in [0, 0.1) is 0 Å². The third-order valence-electron chi connectivity index (χ3n) is 4.19. The Kier molecular flexibility index (Phi) is 5.00. The van der Waals surface area contributed by atoms with E-state index in [0.29, 0.717) is 11.4 Å². The van der Waals surface area contributed by atoms with Crippen LogP contribution < -0.4 is 34.1 Å². The lowest BCUT2D eigenvalue weighted by molar-refractivity contribution is 0.784. The molecule has 0 atom stereocenters. The number of azo groups is 1. The minimum Gasteiger partial charge on any atom is -0.258 e. The van der Waals surface area contributed by atoms with E-state index < -0.39 is 34.1 Å². The Morgan fingerprint density at radius 3 is 1.03 bits per heavy atom. The first-order valence-corrected chi connectivity index (χ1v) is 8.86. The van der Waals surface area contributed by atoms with Crippen LogP contribution >= 0.6 is 0 Å². The molecule has 14 heteroatoms. The van der Waals surface area contributed by atoms with Gasteiger partial charge in [0, 0.05) is 0 Å². The number of aromatic nitrogens is 6. The molecule has 0 amide bonds. The lowest BCUT2D eigenvalue weighted by Crippen LogP contribution is -2.42. The predicted octanol–water partition coefficient (Wildman–Crippen LogP) is -0.843. The maximum atomic E-state index is 11.8. The van der Waals surface area contributed by atoms with Crippen LogP contribution in [0.25, 0.3) is 11.4 Å². The highest BCUT2D eigenvalue weighted by atomic mass is 16.2. The third-order valence-corrected chi connectivity index (χ3v) is 4.19. The number of hydrogen-bond acceptors (Lipinski definition) is 8. The van der Waals surface area contributed by atoms with E-state index in [-0.39, 0.29) is 11.4 Å². The highest BCUT2D eigenvalue weighted by molar-refractivity contribution is 5.47. The normalized spacial score (nSPS) is 11.1. The summed E-state index contributed by atoms with van der Waals surface area (Å²) in [6.45, 7) is 0. The van der Waals surface area contributed by atoms with Crippen LogP contribution in [0.1, 0.15) is 0 Å². The van der Waals surface area contributed by atoms with Crippen LogP contribution in [0.2, 0.25) is 0 Å². The molecular weight excluding hydrogens is 424 g/mol. The lowest BCUT2D eigenvalue weighted by Gasteiger charge is -2.03. The number of rotatable bonds is 4. The van der Waals surface area contributed by atoms with E-state index >= 15 is 0 Å². The summed E-state index contributed by atoms with van der Waals surface area (Å²) in [5.74, 6) is 0. The molecule has 4 N–H and O–H groups in total. The van der Waals surface area contributed by atoms with Crippen LogP contribution in [-0.2, 0) is 0 Å². The molecule has 160 valence electrons. The van der Waals surface area contributed by atoms with Gasteiger partial charge in [0.25, 0.3) is 0 Å². The molecule has 0 bridgehead atoms. The minimum absolute atomic E-state index is 0.215. The number of hydrogen-bond donors (Lipinski definition) is 4. The number of aromatic amines is 4. The monoisotopic (exact) mass is 436 g/mol. The van der Waals surface area contributed by atoms with Gasteiger partial charge in [-0.3, -0.25) is 19.9 Å². The molecular formula is C18H12N8O6. The van der Waals surface area contributed by atoms with Gasteiger partial charge in [-0.05, 0) is 48.5 Å². The first-order valence-electron chi connectivity index (χ1n) is 8.86. The third kappa shape index (κ3) is 3.95. The Hall–Kier alpha value is -5.14. The number of nitrogens with zero attached hydrogens (tertiary/aromatic N) is 4. The van der Waals surface area contributed by atoms with E-state index in [1.54, 1.807) is 0 Å². The van der Waals surface area contributed by atoms with Crippen LogP contribution in [0.15, 0.2) is 87.5 Å². The van der Waals surface area contributed by atoms with E-state index in [1.807, 2.05) is 19.9 Å². The van der Waals surface area contributed by atoms with Gasteiger partial charge in [0.2, 0.25) is 0 Å². The van der Waals surface area contributed by atoms with Crippen molar-refractivity contribution in [3.63, 3.8) is 0 Å². The summed E-state index contributed by atoms with van der Waals surface area (Å²) in [4.78, 5) is 77.4. The minimum atomic E-state index is -0.900. The maximum absolute atomic E-state index is 11.8. The van der Waals surface area contributed by atoms with Crippen molar-refractivity contribution in [3.05, 3.63) is 111 Å². The molecule has 0 aliphatic carbocycles. The van der Waals surface area contributed by atoms with Gasteiger partial charge < -0.3 is 0 Å². The van der Waals surface area contributed by atoms with Gasteiger partial charge in [0.1, 0.15) is 0 Å². The molecule has 0 spiro atoms. The molecule has 0 radical (unpaired) electrons. The average Bonchev–Trinajstić information content (AvgIpc) is 2.73. The van der Waals surface area contributed by atoms with E-state index in [9.17, 15) is 28.8 Å². The first kappa shape index (κ1) is 20.1. The zero-order valence-corrected chi connectivity index (χ0v) is 15.9. The highest BCUT2D eigenvalue weighted by Crippen LogP contribution is 2.20. The first-order chi connectivity index (χ1) is 15.3. The van der Waals surface area contributed by atoms with Crippen molar-refractivity contribution in [2.45, 2.75) is 0 Å². The second-order valence-electron chi connectivity index (χ2n) is 6.28. The summed E-state index contributed by atoms with van der Waals surface area (Å²) < 4.78 is 1.50. The topological polar surface area (TPSA) is 200 Å². The molecule has 0 aliphatic heterocycles. The van der Waals surface area contributed by atoms with Gasteiger partial charge in [-0.1, -0.05) is 0 Å². The Morgan fingerprint density at radius 2 is 0.750 bits per heavy atom. The highest BCUT2D eigenvalue weighted by Gasteiger charge is 2.07. The van der Waals surface area contributed by atoms with Gasteiger partial charge in [-0.25, -0.2) is 37.9 Å². The Labute approximate surface area is 174 Å². The Morgan fingerprint density at radius 1 is 0.469 bits per heavy atom. The summed E-state index contributed by atoms with van der Waals surface area (Å²) >= 11 is 0. The van der Waals surface area contributed by atoms with E-state index in [4.69, 9.17) is 0 Å². The second kappa shape index (κ2) is 7.94. The number of benzene rings is 2. The molecule has 2 heterocycles. The van der Waals surface area contributed by atoms with Crippen LogP contribution in [0.3, 0.4) is 0 Å². The largest absolute Gasteiger partial charge is 0.338 e. The quantitative estimate of drug-likeness (QED) is 0.300. The summed E-state index contributed by atoms with van der Waals surface area (Å²) in [6.07, 6.45) is 0. The van der Waals surface area contributed by atoms with Crippen molar-refractivity contribution >= 4 is 11.4 Å². The van der Waals surface area contributed by atoms with Crippen molar-refractivity contribution < 1.29 is 0 Å². The van der Waals surface area contributed by atoms with Crippen molar-refractivity contribution in [1.29, 1.82) is 0 Å². The van der Waals surface area contributed by atoms with Gasteiger partial charge in [-0.2, -0.15) is 10.2 Å². The zero-order chi connectivity index (χ0) is 22.8. The van der Waals surface area contributed by atoms with Gasteiger partial charge in [0.05, 0.1) is 22.7 Å². The summed E-state index contributed by atoms with van der Waals surface area (Å²) in [6, 6.07) is 11.8. The molecule has 0 aliphatic rings. The molecule has 2 aromatic heterocycles. The lowest BCUT2D eigenvalue weighted by atomic mass is 10.3. The SMILES string of the molecule is O=c1[nH]c(=O)n(-c2ccc(N=Nc3ccc(-n4c(=O)[nH]c(=O)[nH]c4=O)cc3)cc2)c(=O)[nH]1. The fourth-order valence-corrected chi connectivity index (χ4v) is 2.78. The molecule has 0 unspecified atom stereocenters. The molecule has 0 fully saturated rings. The van der Waals surface area contributed by atoms with Crippen molar-refractivity contribution in [3.8, 4) is 11.4 Å². The molecule has 2 aromatic carbocycles. The smallest absolute Gasteiger partial charge is 0.258 e. The van der Waals surface area contributed by atoms with Crippen LogP contribution in [0.4, 0.5) is 11.4 Å². The van der Waals surface area contributed by atoms with Crippen LogP contribution in [0.5, 0.6) is 0 Å². The predicted molar refractivity (Wildman–Crippen MR) is 111 cm³/mol. The van der Waals surface area contributed by atoms with E-state index in [2.05, 4.69) is 10.2 Å². The maximum Gasteiger partial charge on any atom is 0.338 e. The fourth-order valence-electron chi connectivity index (χ4n) is 2.78. The average molecular weight is 436 g/mol. The molecule has 4 aromatic rings. The van der Waals surface area contributed by atoms with E-state index in [0.717, 1.165) is 9.13 Å². The van der Waals surface area contributed by atoms with Crippen molar-refractivity contribution in [1.82, 2.24) is 29.1 Å². The van der Waals surface area contributed by atoms with Crippen LogP contribution in [-0.4, -0.2) is 29.1 Å². The van der Waals surface area contributed by atoms with E-state index in [1.165, 1.54) is 48.5 Å². The standard InChI is InChI=1S/C18H12N8O6/c27-13-19-15(29)25(16(30)20-13)11-5-1-9(2-6-11)23-24-10-3-7-12(8-4-10)26-17(31)21-14(28)22-18(26)32/h1-8H,(H2,19,20,27,29,30)(H2,21,22,28,31,32). The molecule has 0 saturated heterocycles. The fraction of sp³-hybridized carbons (Fsp3) is 0. The zero-order valence-electron chi connectivity index (χ0n) is 15.9. The Bertz CT molecular complexity index is 1490. The second-order valence-corrected chi connectivity index (χ2v) is 6.28. The summed E-state index contributed by atoms with van der Waals surface area (Å²) in [5.41, 5.74) is -4.09. The summed E-state index contributed by atoms with van der Waals surface area (Å²) in [7, 11) is 0. The Balaban J connectivity index is 1.57. The number of H-pyrrole nitrogens is 4. The molecule has 4 rings (SSSR count).